The molecule has 1 aromatic heterocycles. The third kappa shape index (κ3) is 2.73. The molecule has 0 saturated heterocycles. The van der Waals surface area contributed by atoms with Crippen LogP contribution in [-0.2, 0) is 9.47 Å². The van der Waals surface area contributed by atoms with Crippen LogP contribution in [0.1, 0.15) is 27.0 Å². The second kappa shape index (κ2) is 5.92. The average molecular weight is 276 g/mol. The summed E-state index contributed by atoms with van der Waals surface area (Å²) in [6.45, 7) is 1.87. The lowest BCUT2D eigenvalue weighted by molar-refractivity contribution is 0.0529. The van der Waals surface area contributed by atoms with Crippen LogP contribution in [-0.4, -0.2) is 37.0 Å². The largest absolute Gasteiger partial charge is 0.505 e. The number of methoxy groups -OCH3 is 1. The van der Waals surface area contributed by atoms with Crippen molar-refractivity contribution in [1.82, 2.24) is 0 Å². The quantitative estimate of drug-likeness (QED) is 0.671. The van der Waals surface area contributed by atoms with Gasteiger partial charge in [-0.25, -0.2) is 9.59 Å². The number of carbonyl (C=O) groups excluding carboxylic acids is 2. The highest BCUT2D eigenvalue weighted by atomic mass is 32.2. The van der Waals surface area contributed by atoms with Gasteiger partial charge in [-0.2, -0.15) is 0 Å². The van der Waals surface area contributed by atoms with E-state index in [4.69, 9.17) is 4.74 Å². The summed E-state index contributed by atoms with van der Waals surface area (Å²) in [5.41, 5.74) is 0.0213. The third-order valence-electron chi connectivity index (χ3n) is 1.89. The zero-order valence-electron chi connectivity index (χ0n) is 9.60. The maximum Gasteiger partial charge on any atom is 0.352 e. The van der Waals surface area contributed by atoms with Gasteiger partial charge in [-0.1, -0.05) is 0 Å². The van der Waals surface area contributed by atoms with Gasteiger partial charge in [0.1, 0.15) is 5.56 Å². The Morgan fingerprint density at radius 2 is 2.06 bits per heavy atom. The number of aromatic hydroxyl groups is 1. The number of thiophene rings is 1. The molecule has 7 heteroatoms. The van der Waals surface area contributed by atoms with Gasteiger partial charge < -0.3 is 14.6 Å². The van der Waals surface area contributed by atoms with E-state index < -0.39 is 11.9 Å². The van der Waals surface area contributed by atoms with E-state index in [2.05, 4.69) is 4.74 Å². The molecule has 0 radical (unpaired) electrons. The Bertz CT molecular complexity index is 438. The molecule has 0 spiro atoms. The summed E-state index contributed by atoms with van der Waals surface area (Å²) in [5, 5.41) is 9.83. The summed E-state index contributed by atoms with van der Waals surface area (Å²) in [7, 11) is 1.22. The van der Waals surface area contributed by atoms with E-state index >= 15 is 0 Å². The van der Waals surface area contributed by atoms with Gasteiger partial charge in [-0.05, 0) is 13.2 Å². The van der Waals surface area contributed by atoms with Crippen molar-refractivity contribution in [2.75, 3.05) is 20.0 Å². The minimum atomic E-state index is -0.668. The lowest BCUT2D eigenvalue weighted by atomic mass is 10.3. The molecule has 0 aliphatic rings. The Morgan fingerprint density at radius 1 is 1.41 bits per heavy atom. The molecule has 1 aromatic rings. The van der Waals surface area contributed by atoms with Gasteiger partial charge in [-0.3, -0.25) is 0 Å². The molecule has 0 unspecified atom stereocenters. The number of thioether (sulfide) groups is 1. The minimum Gasteiger partial charge on any atom is -0.505 e. The molecule has 0 saturated carbocycles. The highest BCUT2D eigenvalue weighted by molar-refractivity contribution is 8.00. The highest BCUT2D eigenvalue weighted by Gasteiger charge is 2.27. The highest BCUT2D eigenvalue weighted by Crippen LogP contribution is 2.40. The van der Waals surface area contributed by atoms with Crippen LogP contribution in [0.2, 0.25) is 0 Å². The molecule has 0 atom stereocenters. The normalized spacial score (nSPS) is 10.1. The van der Waals surface area contributed by atoms with Crippen molar-refractivity contribution in [1.29, 1.82) is 0 Å². The van der Waals surface area contributed by atoms with Gasteiger partial charge >= 0.3 is 11.9 Å². The Labute approximate surface area is 107 Å². The van der Waals surface area contributed by atoms with Crippen LogP contribution in [0.5, 0.6) is 5.75 Å². The Balaban J connectivity index is 3.23. The van der Waals surface area contributed by atoms with Gasteiger partial charge in [0.05, 0.1) is 17.9 Å². The molecule has 0 bridgehead atoms. The van der Waals surface area contributed by atoms with Crippen LogP contribution in [0.3, 0.4) is 0 Å². The predicted molar refractivity (Wildman–Crippen MR) is 65.1 cm³/mol. The monoisotopic (exact) mass is 276 g/mol. The number of esters is 2. The van der Waals surface area contributed by atoms with Gasteiger partial charge in [0.2, 0.25) is 0 Å². The van der Waals surface area contributed by atoms with Crippen molar-refractivity contribution >= 4 is 35.0 Å². The van der Waals surface area contributed by atoms with Crippen molar-refractivity contribution in [3.8, 4) is 5.75 Å². The van der Waals surface area contributed by atoms with Crippen molar-refractivity contribution < 1.29 is 24.2 Å². The summed E-state index contributed by atoms with van der Waals surface area (Å²) in [5.74, 6) is -1.68. The van der Waals surface area contributed by atoms with Crippen molar-refractivity contribution in [3.05, 3.63) is 10.4 Å². The first-order valence-electron chi connectivity index (χ1n) is 4.71. The van der Waals surface area contributed by atoms with Crippen LogP contribution in [0.25, 0.3) is 0 Å². The standard InChI is InChI=1S/C10H12O5S2/c1-4-15-9(13)7-6(11)5(8(12)14-2)10(16-3)17-7/h11H,4H2,1-3H3. The maximum absolute atomic E-state index is 11.5. The van der Waals surface area contributed by atoms with Crippen molar-refractivity contribution in [3.63, 3.8) is 0 Å². The van der Waals surface area contributed by atoms with Crippen molar-refractivity contribution in [2.45, 2.75) is 11.1 Å². The number of ether oxygens (including phenoxy) is 2. The van der Waals surface area contributed by atoms with E-state index in [1.54, 1.807) is 13.2 Å². The van der Waals surface area contributed by atoms with Gasteiger partial charge in [0.25, 0.3) is 0 Å². The lowest BCUT2D eigenvalue weighted by Gasteiger charge is -2.00. The first kappa shape index (κ1) is 13.9. The Morgan fingerprint density at radius 3 is 2.53 bits per heavy atom. The zero-order chi connectivity index (χ0) is 13.0. The molecular formula is C10H12O5S2. The topological polar surface area (TPSA) is 72.8 Å². The van der Waals surface area contributed by atoms with Crippen LogP contribution in [0.4, 0.5) is 0 Å². The first-order valence-corrected chi connectivity index (χ1v) is 6.76. The molecule has 0 fully saturated rings. The minimum absolute atomic E-state index is 0.0213. The fraction of sp³-hybridized carbons (Fsp3) is 0.400. The molecule has 1 heterocycles. The average Bonchev–Trinajstić information content (AvgIpc) is 2.65. The fourth-order valence-corrected chi connectivity index (χ4v) is 2.94. The number of hydrogen-bond donors (Lipinski definition) is 1. The molecular weight excluding hydrogens is 264 g/mol. The molecule has 94 valence electrons. The van der Waals surface area contributed by atoms with E-state index in [0.29, 0.717) is 4.21 Å². The third-order valence-corrected chi connectivity index (χ3v) is 4.17. The second-order valence-electron chi connectivity index (χ2n) is 2.86. The van der Waals surface area contributed by atoms with Crippen molar-refractivity contribution in [2.24, 2.45) is 0 Å². The summed E-state index contributed by atoms with van der Waals surface area (Å²) in [6, 6.07) is 0. The SMILES string of the molecule is CCOC(=O)c1sc(SC)c(C(=O)OC)c1O. The van der Waals surface area contributed by atoms with E-state index in [1.807, 2.05) is 0 Å². The molecule has 5 nitrogen and oxygen atoms in total. The predicted octanol–water partition coefficient (Wildman–Crippen LogP) is 2.14. The fourth-order valence-electron chi connectivity index (χ4n) is 1.16. The molecule has 1 N–H and O–H groups in total. The van der Waals surface area contributed by atoms with Gasteiger partial charge in [-0.15, -0.1) is 23.1 Å². The Kier molecular flexibility index (Phi) is 4.83. The Hall–Kier alpha value is -1.21. The van der Waals surface area contributed by atoms with Crippen LogP contribution in [0, 0.1) is 0 Å². The maximum atomic E-state index is 11.5. The van der Waals surface area contributed by atoms with Gasteiger partial charge in [0, 0.05) is 0 Å². The van der Waals surface area contributed by atoms with Gasteiger partial charge in [0.15, 0.2) is 10.6 Å². The number of carbonyl (C=O) groups is 2. The summed E-state index contributed by atoms with van der Waals surface area (Å²) in [4.78, 5) is 23.0. The molecule has 0 amide bonds. The van der Waals surface area contributed by atoms with E-state index in [9.17, 15) is 14.7 Å². The molecule has 0 aliphatic heterocycles. The zero-order valence-corrected chi connectivity index (χ0v) is 11.2. The van der Waals surface area contributed by atoms with Crippen LogP contribution < -0.4 is 0 Å². The number of hydrogen-bond acceptors (Lipinski definition) is 7. The molecule has 1 rings (SSSR count). The first-order chi connectivity index (χ1) is 8.06. The van der Waals surface area contributed by atoms with Crippen LogP contribution in [0.15, 0.2) is 4.21 Å². The lowest BCUT2D eigenvalue weighted by Crippen LogP contribution is -2.04. The van der Waals surface area contributed by atoms with E-state index in [1.165, 1.54) is 18.9 Å². The summed E-state index contributed by atoms with van der Waals surface area (Å²) in [6.07, 6.45) is 1.74. The molecule has 17 heavy (non-hydrogen) atoms. The van der Waals surface area contributed by atoms with E-state index in [-0.39, 0.29) is 22.8 Å². The summed E-state index contributed by atoms with van der Waals surface area (Å²) >= 11 is 2.27. The smallest absolute Gasteiger partial charge is 0.352 e. The second-order valence-corrected chi connectivity index (χ2v) is 4.95. The van der Waals surface area contributed by atoms with Crippen LogP contribution >= 0.6 is 23.1 Å². The summed E-state index contributed by atoms with van der Waals surface area (Å²) < 4.78 is 9.87. The molecule has 0 aliphatic carbocycles. The van der Waals surface area contributed by atoms with E-state index in [0.717, 1.165) is 11.3 Å². The molecule has 0 aromatic carbocycles. The number of rotatable bonds is 4.